The van der Waals surface area contributed by atoms with Crippen LogP contribution < -0.4 is 4.74 Å². The summed E-state index contributed by atoms with van der Waals surface area (Å²) < 4.78 is 32.4. The second-order valence-electron chi connectivity index (χ2n) is 8.79. The number of hydrogen-bond donors (Lipinski definition) is 1. The molecule has 2 heterocycles. The monoisotopic (exact) mass is 480 g/mol. The molecule has 3 rings (SSSR count). The number of benzene rings is 1. The summed E-state index contributed by atoms with van der Waals surface area (Å²) in [5, 5.41) is 15.3. The summed E-state index contributed by atoms with van der Waals surface area (Å²) >= 11 is 1.26. The van der Waals surface area contributed by atoms with Crippen LogP contribution >= 0.6 is 11.3 Å². The number of carbonyl (C=O) groups is 1. The van der Waals surface area contributed by atoms with E-state index in [1.807, 2.05) is 0 Å². The van der Waals surface area contributed by atoms with Gasteiger partial charge in [-0.3, -0.25) is 4.79 Å². The molecule has 0 atom stereocenters. The predicted molar refractivity (Wildman–Crippen MR) is 123 cm³/mol. The van der Waals surface area contributed by atoms with Crippen molar-refractivity contribution < 1.29 is 23.1 Å². The van der Waals surface area contributed by atoms with Crippen LogP contribution in [0.3, 0.4) is 0 Å². The Balaban J connectivity index is 2.25. The summed E-state index contributed by atoms with van der Waals surface area (Å²) in [5.41, 5.74) is 0.669. The van der Waals surface area contributed by atoms with Crippen LogP contribution in [0.2, 0.25) is 0 Å². The summed E-state index contributed by atoms with van der Waals surface area (Å²) in [5.74, 6) is -0.399. The standard InChI is InChI=1S/C21H28N4O5S2/c1-12-16(25-19(22-12)31-17(23-25)20(2,3)27)13-9-10-14(30-8)15(11-13)32(28,29)21(4,5)18(26)24(6)7/h9-11,27H,1-8H3. The van der Waals surface area contributed by atoms with Gasteiger partial charge in [0.15, 0.2) is 9.84 Å². The number of aromatic nitrogens is 3. The molecule has 1 N–H and O–H groups in total. The molecular formula is C21H28N4O5S2. The topological polar surface area (TPSA) is 114 Å². The molecule has 174 valence electrons. The number of hydrogen-bond acceptors (Lipinski definition) is 8. The number of amides is 1. The quantitative estimate of drug-likeness (QED) is 0.577. The molecule has 0 saturated carbocycles. The first-order valence-electron chi connectivity index (χ1n) is 9.86. The number of fused-ring (bicyclic) bond motifs is 1. The number of sulfone groups is 1. The minimum Gasteiger partial charge on any atom is -0.495 e. The number of aliphatic hydroxyl groups is 1. The van der Waals surface area contributed by atoms with E-state index < -0.39 is 26.1 Å². The maximum Gasteiger partial charge on any atom is 0.243 e. The van der Waals surface area contributed by atoms with Crippen LogP contribution in [-0.2, 0) is 20.2 Å². The number of ether oxygens (including phenoxy) is 1. The molecule has 1 aromatic carbocycles. The van der Waals surface area contributed by atoms with Crippen molar-refractivity contribution in [3.05, 3.63) is 28.9 Å². The molecule has 0 radical (unpaired) electrons. The Morgan fingerprint density at radius 3 is 2.38 bits per heavy atom. The van der Waals surface area contributed by atoms with Crippen molar-refractivity contribution in [1.29, 1.82) is 0 Å². The highest BCUT2D eigenvalue weighted by molar-refractivity contribution is 7.93. The van der Waals surface area contributed by atoms with Crippen molar-refractivity contribution in [2.45, 2.75) is 49.9 Å². The molecule has 0 bridgehead atoms. The average molecular weight is 481 g/mol. The van der Waals surface area contributed by atoms with Gasteiger partial charge in [0.2, 0.25) is 10.9 Å². The van der Waals surface area contributed by atoms with Gasteiger partial charge in [-0.15, -0.1) is 0 Å². The molecule has 1 amide bonds. The van der Waals surface area contributed by atoms with E-state index in [0.717, 1.165) is 0 Å². The Labute approximate surface area is 191 Å². The van der Waals surface area contributed by atoms with Crippen molar-refractivity contribution in [2.24, 2.45) is 0 Å². The molecule has 2 aromatic heterocycles. The average Bonchev–Trinajstić information content (AvgIpc) is 3.23. The lowest BCUT2D eigenvalue weighted by Gasteiger charge is -2.27. The van der Waals surface area contributed by atoms with Crippen molar-refractivity contribution in [3.8, 4) is 17.0 Å². The summed E-state index contributed by atoms with van der Waals surface area (Å²) in [6, 6.07) is 4.76. The van der Waals surface area contributed by atoms with Gasteiger partial charge in [0, 0.05) is 19.7 Å². The number of rotatable bonds is 6. The highest BCUT2D eigenvalue weighted by Crippen LogP contribution is 2.38. The van der Waals surface area contributed by atoms with E-state index in [0.29, 0.717) is 26.9 Å². The van der Waals surface area contributed by atoms with Crippen LogP contribution in [0, 0.1) is 6.92 Å². The van der Waals surface area contributed by atoms with Gasteiger partial charge < -0.3 is 14.7 Å². The normalized spacial score (nSPS) is 12.9. The van der Waals surface area contributed by atoms with E-state index in [9.17, 15) is 18.3 Å². The molecule has 32 heavy (non-hydrogen) atoms. The highest BCUT2D eigenvalue weighted by Gasteiger charge is 2.45. The van der Waals surface area contributed by atoms with Crippen LogP contribution in [-0.4, -0.2) is 64.9 Å². The van der Waals surface area contributed by atoms with Crippen molar-refractivity contribution >= 4 is 32.0 Å². The molecule has 0 unspecified atom stereocenters. The zero-order chi connectivity index (χ0) is 24.2. The van der Waals surface area contributed by atoms with E-state index >= 15 is 0 Å². The van der Waals surface area contributed by atoms with Crippen LogP contribution in [0.5, 0.6) is 5.75 Å². The van der Waals surface area contributed by atoms with Gasteiger partial charge in [0.05, 0.1) is 18.5 Å². The van der Waals surface area contributed by atoms with Crippen molar-refractivity contribution in [1.82, 2.24) is 19.5 Å². The minimum atomic E-state index is -4.13. The number of methoxy groups -OCH3 is 1. The van der Waals surface area contributed by atoms with Gasteiger partial charge in [-0.25, -0.2) is 17.9 Å². The molecule has 0 aliphatic carbocycles. The van der Waals surface area contributed by atoms with Crippen LogP contribution in [0.1, 0.15) is 38.4 Å². The lowest BCUT2D eigenvalue weighted by atomic mass is 10.1. The Morgan fingerprint density at radius 1 is 1.22 bits per heavy atom. The number of aryl methyl sites for hydroxylation is 1. The van der Waals surface area contributed by atoms with Gasteiger partial charge in [-0.2, -0.15) is 5.10 Å². The summed E-state index contributed by atoms with van der Waals surface area (Å²) in [6.07, 6.45) is 0. The Hall–Kier alpha value is -2.50. The molecule has 11 heteroatoms. The molecule has 0 saturated heterocycles. The molecule has 0 spiro atoms. The lowest BCUT2D eigenvalue weighted by Crippen LogP contribution is -2.47. The molecule has 0 aliphatic heterocycles. The lowest BCUT2D eigenvalue weighted by molar-refractivity contribution is -0.130. The smallest absolute Gasteiger partial charge is 0.243 e. The Kier molecular flexibility index (Phi) is 5.90. The maximum atomic E-state index is 13.6. The van der Waals surface area contributed by atoms with E-state index in [4.69, 9.17) is 4.74 Å². The fourth-order valence-corrected chi connectivity index (χ4v) is 6.00. The minimum absolute atomic E-state index is 0.0926. The van der Waals surface area contributed by atoms with Gasteiger partial charge in [0.25, 0.3) is 0 Å². The molecule has 3 aromatic rings. The van der Waals surface area contributed by atoms with Crippen molar-refractivity contribution in [3.63, 3.8) is 0 Å². The number of imidazole rings is 1. The predicted octanol–water partition coefficient (Wildman–Crippen LogP) is 2.64. The largest absolute Gasteiger partial charge is 0.495 e. The van der Waals surface area contributed by atoms with Crippen LogP contribution in [0.15, 0.2) is 23.1 Å². The molecule has 0 aliphatic rings. The molecule has 0 fully saturated rings. The van der Waals surface area contributed by atoms with Gasteiger partial charge in [-0.1, -0.05) is 11.3 Å². The zero-order valence-electron chi connectivity index (χ0n) is 19.4. The first kappa shape index (κ1) is 24.1. The fourth-order valence-electron chi connectivity index (χ4n) is 3.39. The first-order chi connectivity index (χ1) is 14.6. The zero-order valence-corrected chi connectivity index (χ0v) is 21.1. The van der Waals surface area contributed by atoms with Crippen molar-refractivity contribution in [2.75, 3.05) is 21.2 Å². The Morgan fingerprint density at radius 2 is 1.84 bits per heavy atom. The van der Waals surface area contributed by atoms with Gasteiger partial charge in [-0.05, 0) is 52.8 Å². The SMILES string of the molecule is COc1ccc(-c2c(C)nc3sc(C(C)(C)O)nn23)cc1S(=O)(=O)C(C)(C)C(=O)N(C)C. The third-order valence-corrected chi connectivity index (χ3v) is 8.86. The summed E-state index contributed by atoms with van der Waals surface area (Å²) in [7, 11) is 0.287. The number of carbonyl (C=O) groups excluding carboxylic acids is 1. The molecule has 9 nitrogen and oxygen atoms in total. The highest BCUT2D eigenvalue weighted by atomic mass is 32.2. The van der Waals surface area contributed by atoms with E-state index in [-0.39, 0.29) is 10.6 Å². The second-order valence-corrected chi connectivity index (χ2v) is 12.2. The van der Waals surface area contributed by atoms with Crippen LogP contribution in [0.25, 0.3) is 16.2 Å². The molecular weight excluding hydrogens is 452 g/mol. The van der Waals surface area contributed by atoms with Gasteiger partial charge >= 0.3 is 0 Å². The van der Waals surface area contributed by atoms with E-state index in [1.54, 1.807) is 37.4 Å². The number of nitrogens with zero attached hydrogens (tertiary/aromatic N) is 4. The maximum absolute atomic E-state index is 13.6. The summed E-state index contributed by atoms with van der Waals surface area (Å²) in [4.78, 5) is 19.0. The van der Waals surface area contributed by atoms with E-state index in [1.165, 1.54) is 57.4 Å². The third-order valence-electron chi connectivity index (χ3n) is 5.22. The second kappa shape index (κ2) is 7.82. The van der Waals surface area contributed by atoms with Crippen LogP contribution in [0.4, 0.5) is 0 Å². The van der Waals surface area contributed by atoms with E-state index in [2.05, 4.69) is 10.1 Å². The Bertz CT molecular complexity index is 1300. The fraction of sp³-hybridized carbons (Fsp3) is 0.476. The van der Waals surface area contributed by atoms with Gasteiger partial charge in [0.1, 0.15) is 26.0 Å². The first-order valence-corrected chi connectivity index (χ1v) is 12.2. The summed E-state index contributed by atoms with van der Waals surface area (Å²) in [6.45, 7) is 7.85. The third kappa shape index (κ3) is 3.78.